The fourth-order valence-corrected chi connectivity index (χ4v) is 8.91. The van der Waals surface area contributed by atoms with E-state index in [0.29, 0.717) is 0 Å². The van der Waals surface area contributed by atoms with Crippen molar-refractivity contribution in [3.8, 4) is 27.9 Å². The third-order valence-corrected chi connectivity index (χ3v) is 10.9. The molecule has 0 saturated heterocycles. The van der Waals surface area contributed by atoms with E-state index in [4.69, 9.17) is 5.10 Å². The van der Waals surface area contributed by atoms with E-state index >= 15 is 0 Å². The molecule has 10 rings (SSSR count). The van der Waals surface area contributed by atoms with Gasteiger partial charge in [0.25, 0.3) is 0 Å². The number of aromatic nitrogens is 3. The minimum absolute atomic E-state index is 0.0438. The van der Waals surface area contributed by atoms with Gasteiger partial charge in [0.2, 0.25) is 0 Å². The van der Waals surface area contributed by atoms with Crippen LogP contribution in [0.4, 0.5) is 0 Å². The fraction of sp³-hybridized carbons (Fsp3) is 0.0750. The van der Waals surface area contributed by atoms with Crippen molar-refractivity contribution >= 4 is 59.0 Å². The van der Waals surface area contributed by atoms with Crippen molar-refractivity contribution < 1.29 is 0 Å². The number of fused-ring (bicyclic) bond motifs is 11. The van der Waals surface area contributed by atoms with Crippen molar-refractivity contribution in [3.63, 3.8) is 0 Å². The topological polar surface area (TPSA) is 22.2 Å². The Morgan fingerprint density at radius 1 is 0.614 bits per heavy atom. The molecule has 208 valence electrons. The number of thiophene rings is 1. The smallest absolute Gasteiger partial charge is 0.0934 e. The molecule has 0 radical (unpaired) electrons. The van der Waals surface area contributed by atoms with Crippen molar-refractivity contribution in [1.82, 2.24) is 14.2 Å². The first-order valence-electron chi connectivity index (χ1n) is 15.1. The highest BCUT2D eigenvalue weighted by Gasteiger charge is 2.36. The van der Waals surface area contributed by atoms with Gasteiger partial charge in [0.05, 0.1) is 26.8 Å². The van der Waals surface area contributed by atoms with Crippen LogP contribution in [0.15, 0.2) is 128 Å². The highest BCUT2D eigenvalue weighted by Crippen LogP contribution is 2.52. The van der Waals surface area contributed by atoms with Gasteiger partial charge in [-0.3, -0.25) is 0 Å². The van der Waals surface area contributed by atoms with Gasteiger partial charge >= 0.3 is 0 Å². The number of rotatable bonds is 2. The van der Waals surface area contributed by atoms with Gasteiger partial charge in [-0.1, -0.05) is 92.7 Å². The molecular weight excluding hydrogens is 555 g/mol. The Bertz CT molecular complexity index is 2650. The van der Waals surface area contributed by atoms with Gasteiger partial charge < -0.3 is 4.57 Å². The summed E-state index contributed by atoms with van der Waals surface area (Å²) in [4.78, 5) is 0. The Morgan fingerprint density at radius 2 is 1.41 bits per heavy atom. The van der Waals surface area contributed by atoms with Crippen LogP contribution in [0.3, 0.4) is 0 Å². The van der Waals surface area contributed by atoms with Crippen molar-refractivity contribution in [3.05, 3.63) is 139 Å². The zero-order valence-electron chi connectivity index (χ0n) is 24.4. The van der Waals surface area contributed by atoms with Crippen LogP contribution in [-0.4, -0.2) is 14.2 Å². The highest BCUT2D eigenvalue weighted by atomic mass is 32.1. The van der Waals surface area contributed by atoms with Crippen molar-refractivity contribution in [2.45, 2.75) is 19.3 Å². The Hall–Kier alpha value is -5.19. The normalized spacial score (nSPS) is 13.9. The Labute approximate surface area is 258 Å². The second kappa shape index (κ2) is 8.46. The molecule has 3 nitrogen and oxygen atoms in total. The molecule has 44 heavy (non-hydrogen) atoms. The summed E-state index contributed by atoms with van der Waals surface area (Å²) in [6, 6.07) is 44.5. The molecule has 0 unspecified atom stereocenters. The summed E-state index contributed by atoms with van der Waals surface area (Å²) in [5, 5.41) is 8.66. The zero-order valence-corrected chi connectivity index (χ0v) is 25.2. The summed E-state index contributed by atoms with van der Waals surface area (Å²) in [5.41, 5.74) is 13.7. The van der Waals surface area contributed by atoms with E-state index in [1.54, 1.807) is 0 Å². The van der Waals surface area contributed by atoms with Crippen molar-refractivity contribution in [1.29, 1.82) is 0 Å². The Morgan fingerprint density at radius 3 is 2.34 bits per heavy atom. The van der Waals surface area contributed by atoms with E-state index in [1.807, 2.05) is 22.0 Å². The number of pyridine rings is 1. The first kappa shape index (κ1) is 24.3. The molecule has 4 aromatic heterocycles. The van der Waals surface area contributed by atoms with Crippen LogP contribution in [0.5, 0.6) is 0 Å². The third-order valence-electron chi connectivity index (χ3n) is 9.74. The summed E-state index contributed by atoms with van der Waals surface area (Å²) < 4.78 is 7.20. The predicted molar refractivity (Wildman–Crippen MR) is 185 cm³/mol. The summed E-state index contributed by atoms with van der Waals surface area (Å²) in [6.07, 6.45) is 2.04. The van der Waals surface area contributed by atoms with Crippen LogP contribution in [0.2, 0.25) is 0 Å². The monoisotopic (exact) mass is 581 g/mol. The largest absolute Gasteiger partial charge is 0.308 e. The fourth-order valence-electron chi connectivity index (χ4n) is 7.70. The van der Waals surface area contributed by atoms with Crippen LogP contribution in [0, 0.1) is 0 Å². The summed E-state index contributed by atoms with van der Waals surface area (Å²) in [5.74, 6) is 0. The van der Waals surface area contributed by atoms with Crippen molar-refractivity contribution in [2.75, 3.05) is 0 Å². The molecule has 1 aliphatic rings. The van der Waals surface area contributed by atoms with E-state index in [0.717, 1.165) is 11.0 Å². The van der Waals surface area contributed by atoms with E-state index in [1.165, 1.54) is 75.7 Å². The van der Waals surface area contributed by atoms with Crippen LogP contribution < -0.4 is 0 Å². The van der Waals surface area contributed by atoms with Gasteiger partial charge in [0.15, 0.2) is 0 Å². The van der Waals surface area contributed by atoms with E-state index < -0.39 is 0 Å². The van der Waals surface area contributed by atoms with E-state index in [-0.39, 0.29) is 5.41 Å². The molecule has 0 spiro atoms. The first-order valence-corrected chi connectivity index (χ1v) is 16.0. The maximum Gasteiger partial charge on any atom is 0.0934 e. The SMILES string of the molecule is CC1(C)c2ccccc2-c2cc3c(cc21)c1sc2ccccc2c1n3-c1cccc(-c2cccn3nc4ccccc4c23)c1. The lowest BCUT2D eigenvalue weighted by Crippen LogP contribution is -2.14. The minimum Gasteiger partial charge on any atom is -0.308 e. The third kappa shape index (κ3) is 3.08. The van der Waals surface area contributed by atoms with Crippen molar-refractivity contribution in [2.24, 2.45) is 0 Å². The maximum atomic E-state index is 4.86. The van der Waals surface area contributed by atoms with Gasteiger partial charge in [0.1, 0.15) is 0 Å². The van der Waals surface area contributed by atoms with Gasteiger partial charge in [0, 0.05) is 43.7 Å². The zero-order chi connectivity index (χ0) is 29.2. The molecule has 0 amide bonds. The number of nitrogens with zero attached hydrogens (tertiary/aromatic N) is 3. The summed E-state index contributed by atoms with van der Waals surface area (Å²) in [6.45, 7) is 4.74. The minimum atomic E-state index is -0.0438. The molecule has 1 aliphatic carbocycles. The lowest BCUT2D eigenvalue weighted by molar-refractivity contribution is 0.661. The molecule has 5 aromatic carbocycles. The average Bonchev–Trinajstić information content (AvgIpc) is 3.77. The van der Waals surface area contributed by atoms with E-state index in [2.05, 4.69) is 140 Å². The van der Waals surface area contributed by atoms with Gasteiger partial charge in [-0.2, -0.15) is 5.10 Å². The van der Waals surface area contributed by atoms with Gasteiger partial charge in [-0.15, -0.1) is 11.3 Å². The average molecular weight is 582 g/mol. The molecule has 0 N–H and O–H groups in total. The second-order valence-electron chi connectivity index (χ2n) is 12.5. The second-order valence-corrected chi connectivity index (χ2v) is 13.5. The molecule has 4 heteroatoms. The molecule has 0 saturated carbocycles. The molecule has 0 aliphatic heterocycles. The number of hydrogen-bond acceptors (Lipinski definition) is 2. The number of hydrogen-bond donors (Lipinski definition) is 0. The molecule has 4 heterocycles. The lowest BCUT2D eigenvalue weighted by atomic mass is 9.82. The summed E-state index contributed by atoms with van der Waals surface area (Å²) in [7, 11) is 0. The molecule has 0 atom stereocenters. The first-order chi connectivity index (χ1) is 21.6. The highest BCUT2D eigenvalue weighted by molar-refractivity contribution is 7.26. The standard InChI is InChI=1S/C40H27N3S/c1-40(2)32-17-6-3-13-27(32)30-23-35-31(22-33(30)40)39-38(29-15-5-8-19-36(29)44-39)43(35)25-12-9-11-24(21-25)26-16-10-20-42-37(26)28-14-4-7-18-34(28)41-42/h3-23H,1-2H3. The Kier molecular flexibility index (Phi) is 4.67. The molecule has 0 bridgehead atoms. The summed E-state index contributed by atoms with van der Waals surface area (Å²) >= 11 is 1.91. The quantitative estimate of drug-likeness (QED) is 0.199. The van der Waals surface area contributed by atoms with Gasteiger partial charge in [-0.05, 0) is 70.3 Å². The lowest BCUT2D eigenvalue weighted by Gasteiger charge is -2.21. The Balaban J connectivity index is 1.30. The van der Waals surface area contributed by atoms with Crippen LogP contribution in [0.1, 0.15) is 25.0 Å². The molecule has 0 fully saturated rings. The van der Waals surface area contributed by atoms with E-state index in [9.17, 15) is 0 Å². The van der Waals surface area contributed by atoms with Crippen LogP contribution in [-0.2, 0) is 5.41 Å². The molecular formula is C40H27N3S. The van der Waals surface area contributed by atoms with Crippen LogP contribution >= 0.6 is 11.3 Å². The number of benzene rings is 5. The predicted octanol–water partition coefficient (Wildman–Crippen LogP) is 10.8. The van der Waals surface area contributed by atoms with Gasteiger partial charge in [-0.25, -0.2) is 4.52 Å². The maximum absolute atomic E-state index is 4.86. The van der Waals surface area contributed by atoms with Crippen LogP contribution in [0.25, 0.3) is 75.6 Å². The molecule has 9 aromatic rings.